The molecular formula is C46H88O6. The largest absolute Gasteiger partial charge is 0.462 e. The first-order valence-corrected chi connectivity index (χ1v) is 22.9. The Balaban J connectivity index is 4.06. The maximum atomic E-state index is 12.5. The van der Waals surface area contributed by atoms with Crippen molar-refractivity contribution in [2.75, 3.05) is 13.2 Å². The van der Waals surface area contributed by atoms with Crippen molar-refractivity contribution in [2.24, 2.45) is 5.92 Å². The third kappa shape index (κ3) is 39.6. The van der Waals surface area contributed by atoms with E-state index in [2.05, 4.69) is 27.7 Å². The minimum atomic E-state index is -0.757. The van der Waals surface area contributed by atoms with Crippen LogP contribution in [-0.4, -0.2) is 37.2 Å². The van der Waals surface area contributed by atoms with Gasteiger partial charge in [-0.3, -0.25) is 14.4 Å². The van der Waals surface area contributed by atoms with E-state index in [0.29, 0.717) is 19.3 Å². The molecule has 52 heavy (non-hydrogen) atoms. The summed E-state index contributed by atoms with van der Waals surface area (Å²) >= 11 is 0. The molecule has 0 aromatic carbocycles. The maximum absolute atomic E-state index is 12.5. The van der Waals surface area contributed by atoms with E-state index >= 15 is 0 Å². The lowest BCUT2D eigenvalue weighted by atomic mass is 10.0. The second-order valence-corrected chi connectivity index (χ2v) is 16.2. The highest BCUT2D eigenvalue weighted by Crippen LogP contribution is 2.16. The van der Waals surface area contributed by atoms with Gasteiger partial charge in [0.2, 0.25) is 0 Å². The average Bonchev–Trinajstić information content (AvgIpc) is 3.12. The summed E-state index contributed by atoms with van der Waals surface area (Å²) in [5, 5.41) is 0. The van der Waals surface area contributed by atoms with Crippen LogP contribution in [0.2, 0.25) is 0 Å². The summed E-state index contributed by atoms with van der Waals surface area (Å²) in [7, 11) is 0. The molecule has 308 valence electrons. The van der Waals surface area contributed by atoms with Crippen LogP contribution in [0, 0.1) is 5.92 Å². The second-order valence-electron chi connectivity index (χ2n) is 16.2. The van der Waals surface area contributed by atoms with Gasteiger partial charge in [0.25, 0.3) is 0 Å². The van der Waals surface area contributed by atoms with E-state index in [9.17, 15) is 14.4 Å². The van der Waals surface area contributed by atoms with Gasteiger partial charge in [-0.05, 0) is 25.2 Å². The molecule has 1 atom stereocenters. The first-order chi connectivity index (χ1) is 25.4. The molecule has 0 fully saturated rings. The summed E-state index contributed by atoms with van der Waals surface area (Å²) < 4.78 is 16.6. The molecule has 0 aliphatic carbocycles. The molecule has 0 radical (unpaired) electrons. The molecule has 0 bridgehead atoms. The lowest BCUT2D eigenvalue weighted by Gasteiger charge is -2.18. The Labute approximate surface area is 323 Å². The van der Waals surface area contributed by atoms with Crippen molar-refractivity contribution in [3.05, 3.63) is 0 Å². The van der Waals surface area contributed by atoms with Crippen LogP contribution in [0.1, 0.15) is 252 Å². The molecule has 0 N–H and O–H groups in total. The normalized spacial score (nSPS) is 11.9. The number of hydrogen-bond donors (Lipinski definition) is 0. The molecule has 6 nitrogen and oxygen atoms in total. The van der Waals surface area contributed by atoms with Gasteiger partial charge in [-0.15, -0.1) is 0 Å². The van der Waals surface area contributed by atoms with Crippen LogP contribution in [0.4, 0.5) is 0 Å². The summed E-state index contributed by atoms with van der Waals surface area (Å²) in [6.07, 6.45) is 39.9. The molecule has 0 aliphatic rings. The maximum Gasteiger partial charge on any atom is 0.306 e. The van der Waals surface area contributed by atoms with Gasteiger partial charge < -0.3 is 14.2 Å². The van der Waals surface area contributed by atoms with Crippen molar-refractivity contribution in [2.45, 2.75) is 259 Å². The van der Waals surface area contributed by atoms with Crippen molar-refractivity contribution in [1.29, 1.82) is 0 Å². The quantitative estimate of drug-likeness (QED) is 0.0353. The average molecular weight is 737 g/mol. The van der Waals surface area contributed by atoms with E-state index in [1.54, 1.807) is 0 Å². The van der Waals surface area contributed by atoms with Crippen LogP contribution in [0.5, 0.6) is 0 Å². The lowest BCUT2D eigenvalue weighted by molar-refractivity contribution is -0.167. The van der Waals surface area contributed by atoms with Gasteiger partial charge in [0.15, 0.2) is 6.10 Å². The molecule has 0 saturated carbocycles. The molecule has 0 aromatic heterocycles. The number of ether oxygens (including phenoxy) is 3. The lowest BCUT2D eigenvalue weighted by Crippen LogP contribution is -2.30. The predicted molar refractivity (Wildman–Crippen MR) is 220 cm³/mol. The SMILES string of the molecule is CCCCCCCCCCCCCCCCCCCCCC(=O)OC[C@H](COC(=O)CCCCCCCCCC(C)C)OC(=O)CCCCCCC. The Morgan fingerprint density at radius 3 is 0.942 bits per heavy atom. The summed E-state index contributed by atoms with van der Waals surface area (Å²) in [5.41, 5.74) is 0. The first-order valence-electron chi connectivity index (χ1n) is 22.9. The molecule has 0 rings (SSSR count). The standard InChI is InChI=1S/C46H88O6/c1-5-7-9-11-12-13-14-15-16-17-18-19-20-21-22-23-26-30-33-37-44(47)50-40-43(52-46(49)39-35-28-10-8-6-2)41-51-45(48)38-34-31-27-24-25-29-32-36-42(3)4/h42-43H,5-41H2,1-4H3/t43-/m1/s1. The Hall–Kier alpha value is -1.59. The summed E-state index contributed by atoms with van der Waals surface area (Å²) in [4.78, 5) is 37.4. The van der Waals surface area contributed by atoms with Gasteiger partial charge in [0.05, 0.1) is 0 Å². The molecule has 0 saturated heterocycles. The molecule has 6 heteroatoms. The smallest absolute Gasteiger partial charge is 0.306 e. The van der Waals surface area contributed by atoms with E-state index in [1.165, 1.54) is 141 Å². The number of unbranched alkanes of at least 4 members (excludes halogenated alkanes) is 28. The van der Waals surface area contributed by atoms with Gasteiger partial charge in [0, 0.05) is 19.3 Å². The molecule has 0 aromatic rings. The van der Waals surface area contributed by atoms with Crippen LogP contribution >= 0.6 is 0 Å². The van der Waals surface area contributed by atoms with Crippen LogP contribution in [0.3, 0.4) is 0 Å². The molecule has 0 aliphatic heterocycles. The molecule has 0 amide bonds. The third-order valence-electron chi connectivity index (χ3n) is 10.3. The van der Waals surface area contributed by atoms with Crippen molar-refractivity contribution >= 4 is 17.9 Å². The summed E-state index contributed by atoms with van der Waals surface area (Å²) in [6, 6.07) is 0. The Kier molecular flexibility index (Phi) is 39.4. The highest BCUT2D eigenvalue weighted by atomic mass is 16.6. The third-order valence-corrected chi connectivity index (χ3v) is 10.3. The highest BCUT2D eigenvalue weighted by Gasteiger charge is 2.19. The van der Waals surface area contributed by atoms with Crippen LogP contribution in [-0.2, 0) is 28.6 Å². The molecule has 0 unspecified atom stereocenters. The van der Waals surface area contributed by atoms with Gasteiger partial charge in [-0.1, -0.05) is 214 Å². The Bertz CT molecular complexity index is 781. The first kappa shape index (κ1) is 50.4. The number of hydrogen-bond acceptors (Lipinski definition) is 6. The number of carbonyl (C=O) groups is 3. The minimum absolute atomic E-state index is 0.0659. The van der Waals surface area contributed by atoms with Gasteiger partial charge in [-0.25, -0.2) is 0 Å². The predicted octanol–water partition coefficient (Wildman–Crippen LogP) is 14.3. The van der Waals surface area contributed by atoms with Crippen LogP contribution < -0.4 is 0 Å². The fraction of sp³-hybridized carbons (Fsp3) is 0.935. The monoisotopic (exact) mass is 737 g/mol. The van der Waals surface area contributed by atoms with Gasteiger partial charge in [0.1, 0.15) is 13.2 Å². The van der Waals surface area contributed by atoms with Crippen LogP contribution in [0.15, 0.2) is 0 Å². The van der Waals surface area contributed by atoms with E-state index in [1.807, 2.05) is 0 Å². The molecular weight excluding hydrogens is 649 g/mol. The minimum Gasteiger partial charge on any atom is -0.462 e. The zero-order valence-electron chi connectivity index (χ0n) is 35.3. The molecule has 0 heterocycles. The van der Waals surface area contributed by atoms with Gasteiger partial charge >= 0.3 is 17.9 Å². The fourth-order valence-electron chi connectivity index (χ4n) is 6.80. The fourth-order valence-corrected chi connectivity index (χ4v) is 6.80. The van der Waals surface area contributed by atoms with E-state index in [-0.39, 0.29) is 31.1 Å². The number of esters is 3. The number of rotatable bonds is 41. The topological polar surface area (TPSA) is 78.9 Å². The van der Waals surface area contributed by atoms with E-state index < -0.39 is 6.10 Å². The zero-order chi connectivity index (χ0) is 38.2. The highest BCUT2D eigenvalue weighted by molar-refractivity contribution is 5.71. The van der Waals surface area contributed by atoms with Crippen molar-refractivity contribution in [1.82, 2.24) is 0 Å². The van der Waals surface area contributed by atoms with Crippen LogP contribution in [0.25, 0.3) is 0 Å². The summed E-state index contributed by atoms with van der Waals surface area (Å²) in [6.45, 7) is 8.87. The summed E-state index contributed by atoms with van der Waals surface area (Å²) in [5.74, 6) is -0.0909. The number of carbonyl (C=O) groups excluding carboxylic acids is 3. The zero-order valence-corrected chi connectivity index (χ0v) is 35.3. The Morgan fingerprint density at radius 2 is 0.635 bits per heavy atom. The second kappa shape index (κ2) is 40.6. The van der Waals surface area contributed by atoms with Crippen molar-refractivity contribution in [3.8, 4) is 0 Å². The van der Waals surface area contributed by atoms with Crippen molar-refractivity contribution < 1.29 is 28.6 Å². The van der Waals surface area contributed by atoms with E-state index in [4.69, 9.17) is 14.2 Å². The van der Waals surface area contributed by atoms with Crippen molar-refractivity contribution in [3.63, 3.8) is 0 Å². The van der Waals surface area contributed by atoms with Gasteiger partial charge in [-0.2, -0.15) is 0 Å². The van der Waals surface area contributed by atoms with E-state index in [0.717, 1.165) is 70.1 Å². The molecule has 0 spiro atoms. The Morgan fingerprint density at radius 1 is 0.365 bits per heavy atom.